The number of quaternary nitrogens is 2. The van der Waals surface area contributed by atoms with Gasteiger partial charge in [-0.3, -0.25) is 0 Å². The van der Waals surface area contributed by atoms with E-state index in [4.69, 9.17) is 84.9 Å². The quantitative estimate of drug-likeness (QED) is 0.0225. The van der Waals surface area contributed by atoms with Gasteiger partial charge < -0.3 is 39.2 Å². The molecule has 3 aromatic heterocycles. The first-order valence-electron chi connectivity index (χ1n) is 36.8. The van der Waals surface area contributed by atoms with Crippen LogP contribution in [0.2, 0.25) is 30.1 Å². The summed E-state index contributed by atoms with van der Waals surface area (Å²) in [5.74, 6) is -4.24. The SMILES string of the molecule is CC/C(=C(/c1ccc(/C=C/C(=O)O)cc1)c1[nH]c2ccccc2c1Cl)c1ccc(F)cc1Cl.CC/C(=C(/c1ccc(/C=C/C(=O)O)cc1)c1[nH]c2ccccc2c1Cl)c1ccc(F)cc1Cl.CC/C(=C(/c1ccc(/C=C/C(=O)O)cc1)c1[nH]c2ccccc2c1Cl)c1ccc(F)cc1Cl.CCC[N+](C)(C)C.CCC[N+](C)(C)C. The average Bonchev–Trinajstić information content (AvgIpc) is 1.58. The third-order valence-electron chi connectivity index (χ3n) is 18.1. The van der Waals surface area contributed by atoms with Gasteiger partial charge in [0.15, 0.2) is 0 Å². The van der Waals surface area contributed by atoms with Crippen molar-refractivity contribution in [3.63, 3.8) is 0 Å². The summed E-state index contributed by atoms with van der Waals surface area (Å²) in [5.41, 5.74) is 17.2. The van der Waals surface area contributed by atoms with E-state index in [-0.39, 0.29) is 0 Å². The zero-order valence-electron chi connectivity index (χ0n) is 64.8. The van der Waals surface area contributed by atoms with Crippen LogP contribution >= 0.6 is 69.6 Å². The Hall–Kier alpha value is -10.1. The minimum absolute atomic E-state index is 0.317. The number of carboxylic acid groups (broad SMARTS) is 3. The minimum atomic E-state index is -1.01. The smallest absolute Gasteiger partial charge is 0.328 e. The molecule has 0 saturated carbocycles. The van der Waals surface area contributed by atoms with Gasteiger partial charge in [-0.05, 0) is 172 Å². The molecule has 12 rings (SSSR count). The maximum Gasteiger partial charge on any atom is 0.328 e. The number of halogens is 9. The van der Waals surface area contributed by atoms with Crippen LogP contribution < -0.4 is 0 Å². The lowest BCUT2D eigenvalue weighted by molar-refractivity contribution is -0.870. The van der Waals surface area contributed by atoms with Crippen LogP contribution in [-0.4, -0.2) is 113 Å². The third kappa shape index (κ3) is 24.2. The molecular formula is C93H92Cl6F3N5O6+2. The number of para-hydroxylation sites is 3. The van der Waals surface area contributed by atoms with Crippen LogP contribution in [0.5, 0.6) is 0 Å². The number of hydrogen-bond donors (Lipinski definition) is 6. The highest BCUT2D eigenvalue weighted by atomic mass is 35.5. The summed E-state index contributed by atoms with van der Waals surface area (Å²) in [6, 6.07) is 58.9. The normalized spacial score (nSPS) is 12.3. The first-order chi connectivity index (χ1) is 53.8. The van der Waals surface area contributed by atoms with Crippen molar-refractivity contribution in [2.45, 2.75) is 66.7 Å². The monoisotopic (exact) mass is 1640 g/mol. The van der Waals surface area contributed by atoms with E-state index in [1.807, 2.05) is 166 Å². The van der Waals surface area contributed by atoms with Gasteiger partial charge in [-0.1, -0.05) is 250 Å². The van der Waals surface area contributed by atoms with Gasteiger partial charge in [-0.2, -0.15) is 0 Å². The summed E-state index contributed by atoms with van der Waals surface area (Å²) in [7, 11) is 13.3. The second kappa shape index (κ2) is 41.1. The number of nitrogens with zero attached hydrogens (tertiary/aromatic N) is 2. The Balaban J connectivity index is 0.000000195. The molecule has 0 spiro atoms. The third-order valence-corrected chi connectivity index (χ3v) is 20.2. The summed E-state index contributed by atoms with van der Waals surface area (Å²) in [5, 5.41) is 32.1. The Bertz CT molecular complexity index is 5010. The van der Waals surface area contributed by atoms with Crippen molar-refractivity contribution in [2.24, 2.45) is 0 Å². The Morgan fingerprint density at radius 2 is 0.593 bits per heavy atom. The molecule has 20 heteroatoms. The number of rotatable bonds is 22. The van der Waals surface area contributed by atoms with Crippen molar-refractivity contribution in [2.75, 3.05) is 55.4 Å². The molecule has 3 heterocycles. The number of nitrogens with one attached hydrogen (secondary N) is 3. The molecule has 12 aromatic rings. The summed E-state index contributed by atoms with van der Waals surface area (Å²) in [4.78, 5) is 42.8. The lowest BCUT2D eigenvalue weighted by Crippen LogP contribution is -2.34. The van der Waals surface area contributed by atoms with Crippen molar-refractivity contribution in [1.82, 2.24) is 15.0 Å². The Morgan fingerprint density at radius 3 is 0.779 bits per heavy atom. The molecule has 586 valence electrons. The fraction of sp³-hybridized carbons (Fsp3) is 0.194. The van der Waals surface area contributed by atoms with Crippen LogP contribution in [-0.2, 0) is 14.4 Å². The highest BCUT2D eigenvalue weighted by Gasteiger charge is 2.25. The van der Waals surface area contributed by atoms with Crippen LogP contribution in [0.4, 0.5) is 13.2 Å². The molecule has 0 aliphatic carbocycles. The minimum Gasteiger partial charge on any atom is -0.478 e. The number of carbonyl (C=O) groups is 3. The molecule has 0 atom stereocenters. The summed E-state index contributed by atoms with van der Waals surface area (Å²) >= 11 is 39.9. The van der Waals surface area contributed by atoms with Crippen LogP contribution in [0.25, 0.3) is 84.4 Å². The molecule has 0 fully saturated rings. The summed E-state index contributed by atoms with van der Waals surface area (Å²) < 4.78 is 43.5. The highest BCUT2D eigenvalue weighted by molar-refractivity contribution is 6.40. The topological polar surface area (TPSA) is 159 Å². The molecule has 0 unspecified atom stereocenters. The van der Waals surface area contributed by atoms with Crippen molar-refractivity contribution in [1.29, 1.82) is 0 Å². The number of aromatic nitrogens is 3. The molecule has 6 N–H and O–H groups in total. The Morgan fingerprint density at radius 1 is 0.354 bits per heavy atom. The first kappa shape index (κ1) is 88.5. The standard InChI is InChI=1S/3C27H20Cl2FNO2.2C6H16N/c3*1-2-19(20-13-12-18(30)15-22(20)28)25(17-10-7-16(8-11-17)9-14-24(32)33)27-26(29)21-5-3-4-6-23(21)31-27;2*1-5-6-7(2,3)4/h3*3-15,31H,2H2,1H3,(H,32,33);2*5-6H2,1-4H3/q;;;2*+1/b3*14-9+,25-19+;;. The highest BCUT2D eigenvalue weighted by Crippen LogP contribution is 2.46. The number of carboxylic acids is 3. The molecular weight excluding hydrogens is 1550 g/mol. The van der Waals surface area contributed by atoms with E-state index in [1.54, 1.807) is 18.2 Å². The van der Waals surface area contributed by atoms with Gasteiger partial charge in [0.1, 0.15) is 17.5 Å². The Kier molecular flexibility index (Phi) is 32.2. The van der Waals surface area contributed by atoms with Crippen LogP contribution in [0.15, 0.2) is 218 Å². The predicted octanol–water partition coefficient (Wildman–Crippen LogP) is 26.4. The van der Waals surface area contributed by atoms with Crippen molar-refractivity contribution < 1.29 is 51.8 Å². The molecule has 9 aromatic carbocycles. The summed E-state index contributed by atoms with van der Waals surface area (Å²) in [6.07, 6.45) is 12.3. The van der Waals surface area contributed by atoms with E-state index in [9.17, 15) is 27.6 Å². The number of allylic oxidation sites excluding steroid dienone is 3. The molecule has 11 nitrogen and oxygen atoms in total. The summed E-state index contributed by atoms with van der Waals surface area (Å²) in [6.45, 7) is 13.0. The van der Waals surface area contributed by atoms with Gasteiger partial charge >= 0.3 is 17.9 Å². The fourth-order valence-electron chi connectivity index (χ4n) is 13.1. The van der Waals surface area contributed by atoms with E-state index >= 15 is 0 Å². The molecule has 0 saturated heterocycles. The van der Waals surface area contributed by atoms with E-state index in [2.05, 4.69) is 71.1 Å². The molecule has 0 bridgehead atoms. The zero-order chi connectivity index (χ0) is 82.4. The van der Waals surface area contributed by atoms with Crippen molar-refractivity contribution in [3.05, 3.63) is 333 Å². The van der Waals surface area contributed by atoms with Gasteiger partial charge in [0.25, 0.3) is 0 Å². The van der Waals surface area contributed by atoms with E-state index < -0.39 is 35.4 Å². The first-order valence-corrected chi connectivity index (χ1v) is 39.1. The van der Waals surface area contributed by atoms with Crippen LogP contribution in [0, 0.1) is 17.5 Å². The molecule has 0 aliphatic rings. The number of H-pyrrole nitrogens is 3. The second-order valence-corrected chi connectivity index (χ2v) is 30.8. The lowest BCUT2D eigenvalue weighted by Gasteiger charge is -2.22. The number of benzene rings is 9. The van der Waals surface area contributed by atoms with Crippen LogP contribution in [0.3, 0.4) is 0 Å². The fourth-order valence-corrected chi connectivity index (χ4v) is 14.8. The van der Waals surface area contributed by atoms with Crippen LogP contribution in [0.1, 0.15) is 134 Å². The molecule has 0 radical (unpaired) electrons. The number of hydrogen-bond acceptors (Lipinski definition) is 3. The second-order valence-electron chi connectivity index (χ2n) is 28.5. The maximum atomic E-state index is 13.8. The van der Waals surface area contributed by atoms with Gasteiger partial charge in [0.2, 0.25) is 0 Å². The number of aliphatic carboxylic acids is 3. The van der Waals surface area contributed by atoms with Gasteiger partial charge in [-0.15, -0.1) is 0 Å². The Labute approximate surface area is 689 Å². The van der Waals surface area contributed by atoms with E-state index in [1.165, 1.54) is 80.6 Å². The average molecular weight is 1650 g/mol. The largest absolute Gasteiger partial charge is 0.478 e. The number of fused-ring (bicyclic) bond motifs is 3. The molecule has 0 amide bonds. The van der Waals surface area contributed by atoms with E-state index in [0.717, 1.165) is 160 Å². The molecule has 113 heavy (non-hydrogen) atoms. The van der Waals surface area contributed by atoms with Crippen molar-refractivity contribution >= 4 is 172 Å². The number of aromatic amines is 3. The lowest BCUT2D eigenvalue weighted by atomic mass is 9.90. The van der Waals surface area contributed by atoms with E-state index in [0.29, 0.717) is 49.4 Å². The van der Waals surface area contributed by atoms with Crippen molar-refractivity contribution in [3.8, 4) is 0 Å². The predicted molar refractivity (Wildman–Crippen MR) is 468 cm³/mol. The van der Waals surface area contributed by atoms with Gasteiger partial charge in [0, 0.05) is 67.7 Å². The maximum absolute atomic E-state index is 13.8. The van der Waals surface area contributed by atoms with Gasteiger partial charge in [0.05, 0.1) is 103 Å². The molecule has 0 aliphatic heterocycles. The zero-order valence-corrected chi connectivity index (χ0v) is 69.4. The van der Waals surface area contributed by atoms with Gasteiger partial charge in [-0.25, -0.2) is 27.6 Å².